The van der Waals surface area contributed by atoms with Gasteiger partial charge in [-0.2, -0.15) is 0 Å². The first-order chi connectivity index (χ1) is 8.70. The lowest BCUT2D eigenvalue weighted by molar-refractivity contribution is -0.0213. The summed E-state index contributed by atoms with van der Waals surface area (Å²) in [6.45, 7) is 9.55. The largest absolute Gasteiger partial charge is 0.535 e. The fourth-order valence-electron chi connectivity index (χ4n) is 1.75. The zero-order valence-corrected chi connectivity index (χ0v) is 14.1. The van der Waals surface area contributed by atoms with Crippen molar-refractivity contribution in [3.8, 4) is 0 Å². The van der Waals surface area contributed by atoms with Crippen LogP contribution in [0.25, 0.3) is 0 Å². The molecule has 7 nitrogen and oxygen atoms in total. The Hall–Kier alpha value is 0.207. The molecule has 0 amide bonds. The molecule has 1 atom stereocenters. The molecule has 2 N–H and O–H groups in total. The second kappa shape index (κ2) is 7.85. The molecule has 116 valence electrons. The van der Waals surface area contributed by atoms with Crippen LogP contribution in [0, 0.1) is 0 Å². The summed E-state index contributed by atoms with van der Waals surface area (Å²) < 4.78 is 33.1. The molecule has 1 unspecified atom stereocenters. The van der Waals surface area contributed by atoms with Crippen LogP contribution in [0.3, 0.4) is 0 Å². The van der Waals surface area contributed by atoms with E-state index in [0.29, 0.717) is 26.2 Å². The SMILES string of the molecule is CCO[Si](OCC)(OCC)C(C)(CC)OP(=O)(O)O. The highest BCUT2D eigenvalue weighted by Gasteiger charge is 2.61. The van der Waals surface area contributed by atoms with Crippen molar-refractivity contribution in [2.45, 2.75) is 46.3 Å². The molecule has 0 saturated heterocycles. The van der Waals surface area contributed by atoms with Crippen LogP contribution in [-0.4, -0.2) is 43.6 Å². The minimum Gasteiger partial charge on any atom is -0.372 e. The molecule has 9 heteroatoms. The van der Waals surface area contributed by atoms with Crippen molar-refractivity contribution in [2.24, 2.45) is 0 Å². The molecule has 0 aliphatic carbocycles. The van der Waals surface area contributed by atoms with E-state index < -0.39 is 21.9 Å². The first-order valence-corrected chi connectivity index (χ1v) is 9.63. The van der Waals surface area contributed by atoms with Crippen LogP contribution >= 0.6 is 7.82 Å². The molecule has 0 aliphatic rings. The number of rotatable bonds is 10. The number of phosphoric acid groups is 1. The highest BCUT2D eigenvalue weighted by molar-refractivity contribution is 7.46. The van der Waals surface area contributed by atoms with Gasteiger partial charge in [0.2, 0.25) is 0 Å². The van der Waals surface area contributed by atoms with Gasteiger partial charge in [0.15, 0.2) is 0 Å². The van der Waals surface area contributed by atoms with Crippen molar-refractivity contribution in [1.29, 1.82) is 0 Å². The lowest BCUT2D eigenvalue weighted by Gasteiger charge is -2.41. The van der Waals surface area contributed by atoms with E-state index in [1.807, 2.05) is 0 Å². The molecule has 0 aromatic heterocycles. The van der Waals surface area contributed by atoms with Crippen LogP contribution in [0.4, 0.5) is 0 Å². The van der Waals surface area contributed by atoms with Crippen LogP contribution in [-0.2, 0) is 22.4 Å². The molecule has 0 aromatic carbocycles. The standard InChI is InChI=1S/C10H25O7PSi/c1-6-10(5,17-18(11,12)13)19(14-7-2,15-8-3)16-9-4/h6-9H2,1-5H3,(H2,11,12,13). The maximum absolute atomic E-state index is 11.2. The zero-order chi connectivity index (χ0) is 15.2. The summed E-state index contributed by atoms with van der Waals surface area (Å²) >= 11 is 0. The third-order valence-electron chi connectivity index (χ3n) is 2.65. The molecule has 0 bridgehead atoms. The normalized spacial score (nSPS) is 16.4. The molecule has 0 saturated carbocycles. The molecule has 0 aromatic rings. The van der Waals surface area contributed by atoms with Gasteiger partial charge in [0, 0.05) is 19.8 Å². The Morgan fingerprint density at radius 1 is 1.00 bits per heavy atom. The van der Waals surface area contributed by atoms with Crippen molar-refractivity contribution < 1.29 is 32.2 Å². The van der Waals surface area contributed by atoms with Crippen molar-refractivity contribution in [3.63, 3.8) is 0 Å². The van der Waals surface area contributed by atoms with Crippen LogP contribution in [0.15, 0.2) is 0 Å². The average molecular weight is 316 g/mol. The van der Waals surface area contributed by atoms with Gasteiger partial charge in [-0.3, -0.25) is 4.52 Å². The summed E-state index contributed by atoms with van der Waals surface area (Å²) in [7, 11) is -8.05. The highest BCUT2D eigenvalue weighted by atomic mass is 31.2. The van der Waals surface area contributed by atoms with Gasteiger partial charge in [-0.15, -0.1) is 0 Å². The van der Waals surface area contributed by atoms with Gasteiger partial charge in [-0.05, 0) is 34.1 Å². The van der Waals surface area contributed by atoms with Gasteiger partial charge in [-0.25, -0.2) is 4.57 Å². The summed E-state index contributed by atoms with van der Waals surface area (Å²) in [4.78, 5) is 18.2. The van der Waals surface area contributed by atoms with E-state index in [1.165, 1.54) is 0 Å². The molecule has 19 heavy (non-hydrogen) atoms. The third-order valence-corrected chi connectivity index (χ3v) is 7.22. The third kappa shape index (κ3) is 5.24. The second-order valence-electron chi connectivity index (χ2n) is 4.02. The van der Waals surface area contributed by atoms with Crippen LogP contribution in [0.5, 0.6) is 0 Å². The minimum atomic E-state index is -4.68. The van der Waals surface area contributed by atoms with Crippen LogP contribution < -0.4 is 0 Å². The van der Waals surface area contributed by atoms with E-state index in [9.17, 15) is 4.57 Å². The molecule has 0 heterocycles. The molecule has 0 rings (SSSR count). The Morgan fingerprint density at radius 2 is 1.37 bits per heavy atom. The molecule has 0 aliphatic heterocycles. The quantitative estimate of drug-likeness (QED) is 0.469. The van der Waals surface area contributed by atoms with Crippen molar-refractivity contribution in [1.82, 2.24) is 0 Å². The maximum atomic E-state index is 11.2. The first-order valence-electron chi connectivity index (χ1n) is 6.38. The van der Waals surface area contributed by atoms with Crippen molar-refractivity contribution in [2.75, 3.05) is 19.8 Å². The number of hydrogen-bond acceptors (Lipinski definition) is 5. The summed E-state index contributed by atoms with van der Waals surface area (Å²) in [5.74, 6) is 0. The van der Waals surface area contributed by atoms with E-state index in [-0.39, 0.29) is 0 Å². The summed E-state index contributed by atoms with van der Waals surface area (Å²) in [5, 5.41) is -1.30. The number of hydrogen-bond donors (Lipinski definition) is 2. The van der Waals surface area contributed by atoms with E-state index in [1.54, 1.807) is 34.6 Å². The van der Waals surface area contributed by atoms with E-state index in [0.717, 1.165) is 0 Å². The monoisotopic (exact) mass is 316 g/mol. The Labute approximate surface area is 115 Å². The highest BCUT2D eigenvalue weighted by Crippen LogP contribution is 2.46. The van der Waals surface area contributed by atoms with Crippen molar-refractivity contribution in [3.05, 3.63) is 0 Å². The van der Waals surface area contributed by atoms with Gasteiger partial charge in [0.1, 0.15) is 5.22 Å². The minimum absolute atomic E-state index is 0.296. The number of phosphoric ester groups is 1. The molecular weight excluding hydrogens is 291 g/mol. The molecule has 0 fully saturated rings. The van der Waals surface area contributed by atoms with Crippen molar-refractivity contribution >= 4 is 16.6 Å². The Morgan fingerprint density at radius 3 is 1.58 bits per heavy atom. The fraction of sp³-hybridized carbons (Fsp3) is 1.00. The Kier molecular flexibility index (Phi) is 7.93. The smallest absolute Gasteiger partial charge is 0.372 e. The predicted octanol–water partition coefficient (Wildman–Crippen LogP) is 1.85. The first kappa shape index (κ1) is 19.2. The molecule has 0 radical (unpaired) electrons. The maximum Gasteiger partial charge on any atom is 0.535 e. The molecular formula is C10H25O7PSi. The van der Waals surface area contributed by atoms with Crippen LogP contribution in [0.1, 0.15) is 41.0 Å². The van der Waals surface area contributed by atoms with Gasteiger partial charge in [0.05, 0.1) is 0 Å². The predicted molar refractivity (Wildman–Crippen MR) is 72.5 cm³/mol. The van der Waals surface area contributed by atoms with Gasteiger partial charge < -0.3 is 23.1 Å². The average Bonchev–Trinajstić information content (AvgIpc) is 2.27. The van der Waals surface area contributed by atoms with E-state index in [2.05, 4.69) is 0 Å². The fourth-order valence-corrected chi connectivity index (χ4v) is 5.95. The van der Waals surface area contributed by atoms with E-state index >= 15 is 0 Å². The Bertz CT molecular complexity index is 291. The second-order valence-corrected chi connectivity index (χ2v) is 8.22. The van der Waals surface area contributed by atoms with Gasteiger partial charge in [-0.1, -0.05) is 6.92 Å². The summed E-state index contributed by atoms with van der Waals surface area (Å²) in [6.07, 6.45) is 0.296. The topological polar surface area (TPSA) is 94.5 Å². The summed E-state index contributed by atoms with van der Waals surface area (Å²) in [5.41, 5.74) is 0. The Balaban J connectivity index is 5.52. The van der Waals surface area contributed by atoms with Gasteiger partial charge in [0.25, 0.3) is 0 Å². The molecule has 0 spiro atoms. The van der Waals surface area contributed by atoms with Crippen LogP contribution in [0.2, 0.25) is 0 Å². The lowest BCUT2D eigenvalue weighted by atomic mass is 10.3. The zero-order valence-electron chi connectivity index (χ0n) is 12.2. The van der Waals surface area contributed by atoms with Gasteiger partial charge >= 0.3 is 16.6 Å². The lowest BCUT2D eigenvalue weighted by Crippen LogP contribution is -2.64. The van der Waals surface area contributed by atoms with E-state index in [4.69, 9.17) is 27.6 Å². The summed E-state index contributed by atoms with van der Waals surface area (Å²) in [6, 6.07) is 0.